The molecular weight excluding hydrogens is 332 g/mol. The van der Waals surface area contributed by atoms with Crippen LogP contribution >= 0.6 is 27.3 Å². The number of non-ortho nitro benzene ring substituents is 1. The van der Waals surface area contributed by atoms with Crippen molar-refractivity contribution >= 4 is 39.2 Å². The first-order valence-electron chi connectivity index (χ1n) is 5.29. The van der Waals surface area contributed by atoms with Gasteiger partial charge in [-0.15, -0.1) is 11.3 Å². The smallest absolute Gasteiger partial charge is 0.269 e. The molecular formula is C12H9BrN2O3S. The molecule has 0 N–H and O–H groups in total. The molecule has 7 heteroatoms. The second kappa shape index (κ2) is 6.44. The second-order valence-electron chi connectivity index (χ2n) is 3.58. The lowest BCUT2D eigenvalue weighted by molar-refractivity contribution is -0.384. The van der Waals surface area contributed by atoms with Gasteiger partial charge in [-0.1, -0.05) is 17.3 Å². The van der Waals surface area contributed by atoms with E-state index in [9.17, 15) is 10.1 Å². The van der Waals surface area contributed by atoms with Crippen LogP contribution < -0.4 is 0 Å². The maximum Gasteiger partial charge on any atom is 0.269 e. The van der Waals surface area contributed by atoms with Gasteiger partial charge in [0.25, 0.3) is 5.69 Å². The highest BCUT2D eigenvalue weighted by molar-refractivity contribution is 9.11. The van der Waals surface area contributed by atoms with Crippen LogP contribution in [0.2, 0.25) is 0 Å². The van der Waals surface area contributed by atoms with E-state index in [2.05, 4.69) is 21.1 Å². The fourth-order valence-electron chi connectivity index (χ4n) is 1.36. The fourth-order valence-corrected chi connectivity index (χ4v) is 2.64. The van der Waals surface area contributed by atoms with Crippen LogP contribution in [-0.4, -0.2) is 11.1 Å². The molecule has 0 saturated heterocycles. The van der Waals surface area contributed by atoms with E-state index in [4.69, 9.17) is 4.84 Å². The lowest BCUT2D eigenvalue weighted by Gasteiger charge is -1.99. The molecule has 0 radical (unpaired) electrons. The topological polar surface area (TPSA) is 64.7 Å². The van der Waals surface area contributed by atoms with Gasteiger partial charge >= 0.3 is 0 Å². The molecule has 2 rings (SSSR count). The third-order valence-corrected chi connectivity index (χ3v) is 3.76. The average Bonchev–Trinajstić information content (AvgIpc) is 2.81. The van der Waals surface area contributed by atoms with Crippen LogP contribution in [0.5, 0.6) is 0 Å². The van der Waals surface area contributed by atoms with Gasteiger partial charge < -0.3 is 4.84 Å². The molecule has 0 bridgehead atoms. The number of hydrogen-bond acceptors (Lipinski definition) is 5. The number of benzene rings is 1. The van der Waals surface area contributed by atoms with E-state index in [-0.39, 0.29) is 12.3 Å². The van der Waals surface area contributed by atoms with Crippen LogP contribution in [0.4, 0.5) is 5.69 Å². The molecule has 0 spiro atoms. The Hall–Kier alpha value is -1.73. The molecule has 0 saturated carbocycles. The maximum absolute atomic E-state index is 10.6. The molecule has 0 aliphatic carbocycles. The minimum Gasteiger partial charge on any atom is -0.391 e. The predicted octanol–water partition coefficient (Wildman–Crippen LogP) is 3.97. The van der Waals surface area contributed by atoms with Crippen molar-refractivity contribution in [1.82, 2.24) is 0 Å². The van der Waals surface area contributed by atoms with Gasteiger partial charge in [0.15, 0.2) is 0 Å². The average molecular weight is 341 g/mol. The summed E-state index contributed by atoms with van der Waals surface area (Å²) in [6, 6.07) is 10.1. The van der Waals surface area contributed by atoms with Gasteiger partial charge in [-0.2, -0.15) is 0 Å². The number of oxime groups is 1. The van der Waals surface area contributed by atoms with Crippen LogP contribution in [0.25, 0.3) is 0 Å². The summed E-state index contributed by atoms with van der Waals surface area (Å²) in [6.07, 6.45) is 1.60. The van der Waals surface area contributed by atoms with E-state index in [1.807, 2.05) is 12.1 Å². The molecule has 0 atom stereocenters. The molecule has 98 valence electrons. The summed E-state index contributed by atoms with van der Waals surface area (Å²) in [5.41, 5.74) is 0.756. The van der Waals surface area contributed by atoms with E-state index in [1.165, 1.54) is 23.5 Å². The van der Waals surface area contributed by atoms with Crippen molar-refractivity contribution in [2.24, 2.45) is 5.16 Å². The van der Waals surface area contributed by atoms with Crippen molar-refractivity contribution in [3.05, 3.63) is 60.7 Å². The van der Waals surface area contributed by atoms with Crippen LogP contribution in [0.3, 0.4) is 0 Å². The highest BCUT2D eigenvalue weighted by Gasteiger charge is 2.05. The van der Waals surface area contributed by atoms with Crippen LogP contribution in [-0.2, 0) is 11.4 Å². The predicted molar refractivity (Wildman–Crippen MR) is 77.5 cm³/mol. The van der Waals surface area contributed by atoms with Crippen LogP contribution in [0.1, 0.15) is 10.4 Å². The first kappa shape index (κ1) is 13.7. The highest BCUT2D eigenvalue weighted by atomic mass is 79.9. The lowest BCUT2D eigenvalue weighted by atomic mass is 10.2. The zero-order valence-corrected chi connectivity index (χ0v) is 12.1. The van der Waals surface area contributed by atoms with Gasteiger partial charge in [0, 0.05) is 17.0 Å². The Morgan fingerprint density at radius 2 is 2.26 bits per heavy atom. The molecule has 1 heterocycles. The van der Waals surface area contributed by atoms with Crippen molar-refractivity contribution in [3.8, 4) is 0 Å². The van der Waals surface area contributed by atoms with Crippen molar-refractivity contribution in [1.29, 1.82) is 0 Å². The van der Waals surface area contributed by atoms with Crippen molar-refractivity contribution < 1.29 is 9.76 Å². The summed E-state index contributed by atoms with van der Waals surface area (Å²) in [5.74, 6) is 0. The zero-order valence-electron chi connectivity index (χ0n) is 9.65. The Bertz CT molecular complexity index is 613. The number of halogens is 1. The number of nitrogens with zero attached hydrogens (tertiary/aromatic N) is 2. The Morgan fingerprint density at radius 1 is 1.42 bits per heavy atom. The third-order valence-electron chi connectivity index (χ3n) is 2.20. The van der Waals surface area contributed by atoms with Gasteiger partial charge in [-0.25, -0.2) is 0 Å². The van der Waals surface area contributed by atoms with Gasteiger partial charge in [-0.05, 0) is 33.6 Å². The number of rotatable bonds is 5. The quantitative estimate of drug-likeness (QED) is 0.470. The summed E-state index contributed by atoms with van der Waals surface area (Å²) in [4.78, 5) is 16.2. The SMILES string of the molecule is O=[N+]([O-])c1cccc(CO/N=C\c2ccc(Br)s2)c1. The maximum atomic E-state index is 10.6. The second-order valence-corrected chi connectivity index (χ2v) is 6.07. The highest BCUT2D eigenvalue weighted by Crippen LogP contribution is 2.20. The summed E-state index contributed by atoms with van der Waals surface area (Å²) >= 11 is 4.89. The summed E-state index contributed by atoms with van der Waals surface area (Å²) in [6.45, 7) is 0.199. The van der Waals surface area contributed by atoms with Gasteiger partial charge in [0.05, 0.1) is 14.9 Å². The Kier molecular flexibility index (Phi) is 4.64. The number of nitro benzene ring substituents is 1. The Labute approximate surface area is 121 Å². The summed E-state index contributed by atoms with van der Waals surface area (Å²) in [5, 5.41) is 14.4. The normalized spacial score (nSPS) is 10.8. The molecule has 2 aromatic rings. The zero-order chi connectivity index (χ0) is 13.7. The minimum absolute atomic E-state index is 0.0484. The molecule has 0 unspecified atom stereocenters. The largest absolute Gasteiger partial charge is 0.391 e. The third kappa shape index (κ3) is 4.15. The Balaban J connectivity index is 1.90. The van der Waals surface area contributed by atoms with Crippen molar-refractivity contribution in [2.75, 3.05) is 0 Å². The fraction of sp³-hybridized carbons (Fsp3) is 0.0833. The lowest BCUT2D eigenvalue weighted by Crippen LogP contribution is -1.91. The molecule has 0 aliphatic heterocycles. The summed E-state index contributed by atoms with van der Waals surface area (Å²) in [7, 11) is 0. The molecule has 0 aliphatic rings. The van der Waals surface area contributed by atoms with Gasteiger partial charge in [0.1, 0.15) is 6.61 Å². The molecule has 1 aromatic heterocycles. The Morgan fingerprint density at radius 3 is 2.95 bits per heavy atom. The van der Waals surface area contributed by atoms with Gasteiger partial charge in [0.2, 0.25) is 0 Å². The first-order valence-corrected chi connectivity index (χ1v) is 6.90. The molecule has 19 heavy (non-hydrogen) atoms. The number of thiophene rings is 1. The van der Waals surface area contributed by atoms with Crippen LogP contribution in [0, 0.1) is 10.1 Å². The molecule has 1 aromatic carbocycles. The first-order chi connectivity index (χ1) is 9.15. The monoisotopic (exact) mass is 340 g/mol. The molecule has 0 fully saturated rings. The molecule has 0 amide bonds. The van der Waals surface area contributed by atoms with Gasteiger partial charge in [-0.3, -0.25) is 10.1 Å². The number of hydrogen-bond donors (Lipinski definition) is 0. The van der Waals surface area contributed by atoms with E-state index in [0.717, 1.165) is 8.66 Å². The van der Waals surface area contributed by atoms with E-state index in [0.29, 0.717) is 5.56 Å². The number of nitro groups is 1. The van der Waals surface area contributed by atoms with Crippen molar-refractivity contribution in [3.63, 3.8) is 0 Å². The van der Waals surface area contributed by atoms with E-state index >= 15 is 0 Å². The minimum atomic E-state index is -0.435. The van der Waals surface area contributed by atoms with Crippen LogP contribution in [0.15, 0.2) is 45.3 Å². The van der Waals surface area contributed by atoms with E-state index < -0.39 is 4.92 Å². The summed E-state index contributed by atoms with van der Waals surface area (Å²) < 4.78 is 1.02. The van der Waals surface area contributed by atoms with Crippen molar-refractivity contribution in [2.45, 2.75) is 6.61 Å². The van der Waals surface area contributed by atoms with E-state index in [1.54, 1.807) is 18.3 Å². The standard InChI is InChI=1S/C12H9BrN2O3S/c13-12-5-4-11(19-12)7-14-18-8-9-2-1-3-10(6-9)15(16)17/h1-7H,8H2/b14-7-. The molecule has 5 nitrogen and oxygen atoms in total.